The van der Waals surface area contributed by atoms with E-state index in [-0.39, 0.29) is 73.8 Å². The third kappa shape index (κ3) is 9.52. The second-order valence-electron chi connectivity index (χ2n) is 10.1. The Morgan fingerprint density at radius 1 is 1.07 bits per heavy atom. The van der Waals surface area contributed by atoms with Gasteiger partial charge in [-0.2, -0.15) is 4.98 Å². The van der Waals surface area contributed by atoms with Crippen LogP contribution in [-0.4, -0.2) is 111 Å². The zero-order valence-electron chi connectivity index (χ0n) is 26.2. The first-order valence-corrected chi connectivity index (χ1v) is 13.7. The quantitative estimate of drug-likeness (QED) is 0.0541. The number of aromatic amines is 1. The van der Waals surface area contributed by atoms with Gasteiger partial charge in [-0.3, -0.25) is 23.9 Å². The van der Waals surface area contributed by atoms with Gasteiger partial charge in [0.2, 0.25) is 11.7 Å². The summed E-state index contributed by atoms with van der Waals surface area (Å²) >= 11 is 0. The molecule has 4 heterocycles. The molecule has 0 spiro atoms. The van der Waals surface area contributed by atoms with Crippen molar-refractivity contribution in [2.24, 2.45) is 5.73 Å². The molecule has 0 saturated heterocycles. The molecular weight excluding hydrogens is 617 g/mol. The molecule has 0 aliphatic carbocycles. The summed E-state index contributed by atoms with van der Waals surface area (Å²) in [5, 5.41) is 51.9. The summed E-state index contributed by atoms with van der Waals surface area (Å²) in [5.74, 6) is -1.39. The van der Waals surface area contributed by atoms with E-state index in [1.54, 1.807) is 24.3 Å². The number of anilines is 1. The summed E-state index contributed by atoms with van der Waals surface area (Å²) in [6.45, 7) is -1.23. The number of nitrogen functional groups attached to an aromatic ring is 1. The number of carboxylic acids is 1. The van der Waals surface area contributed by atoms with Gasteiger partial charge in [-0.25, -0.2) is 4.98 Å². The molecule has 0 saturated carbocycles. The first-order valence-electron chi connectivity index (χ1n) is 13.7. The molecule has 0 radical (unpaired) electrons. The number of hydrogen-bond donors (Lipinski definition) is 9. The molecule has 0 amide bonds. The van der Waals surface area contributed by atoms with Gasteiger partial charge in [-0.1, -0.05) is 30.3 Å². The summed E-state index contributed by atoms with van der Waals surface area (Å²) in [6, 6.07) is 12.5. The fourth-order valence-electron chi connectivity index (χ4n) is 4.19. The number of aromatic nitrogens is 5. The predicted molar refractivity (Wildman–Crippen MR) is 160 cm³/mol. The van der Waals surface area contributed by atoms with Gasteiger partial charge in [0.15, 0.2) is 11.2 Å². The number of aliphatic hydroxyl groups excluding tert-OH is 5. The largest absolute Gasteiger partial charge is 1.00 e. The number of carboxylic acid groups (broad SMARTS) is 1. The zero-order chi connectivity index (χ0) is 33.1. The average molecular weight is 656 g/mol. The number of nitrogens with zero attached hydrogens (tertiary/aromatic N) is 4. The summed E-state index contributed by atoms with van der Waals surface area (Å²) in [7, 11) is 0. The smallest absolute Gasteiger partial charge is 1.00 e. The Balaban J connectivity index is 0.000000372. The maximum Gasteiger partial charge on any atom is 1.00 e. The number of aliphatic hydroxyl groups is 5. The average Bonchev–Trinajstić information content (AvgIpc) is 3.78. The molecule has 17 nitrogen and oxygen atoms in total. The molecular formula is C28H38N7NaO10. The number of nitrogens with one attached hydrogen (secondary N) is 1. The summed E-state index contributed by atoms with van der Waals surface area (Å²) in [6.07, 6.45) is 1.24. The molecule has 4 aromatic rings. The number of nitrogens with two attached hydrogens (primary N) is 2. The molecule has 5 rings (SSSR count). The summed E-state index contributed by atoms with van der Waals surface area (Å²) < 4.78 is 8.49. The Hall–Kier alpha value is -3.49. The van der Waals surface area contributed by atoms with Gasteiger partial charge in [0.05, 0.1) is 56.5 Å². The van der Waals surface area contributed by atoms with Crippen molar-refractivity contribution in [1.29, 1.82) is 0 Å². The molecule has 0 fully saturated rings. The number of carbonyl (C=O) groups is 2. The Kier molecular flexibility index (Phi) is 15.1. The van der Waals surface area contributed by atoms with E-state index < -0.39 is 48.9 Å². The van der Waals surface area contributed by atoms with Gasteiger partial charge in [-0.05, 0) is 18.6 Å². The second-order valence-corrected chi connectivity index (χ2v) is 10.1. The van der Waals surface area contributed by atoms with E-state index in [0.29, 0.717) is 24.2 Å². The predicted octanol–water partition coefficient (Wildman–Crippen LogP) is -4.90. The number of rotatable bonds is 11. The minimum Gasteiger partial charge on any atom is -1.00 e. The van der Waals surface area contributed by atoms with Crippen molar-refractivity contribution in [3.63, 3.8) is 0 Å². The van der Waals surface area contributed by atoms with Crippen LogP contribution < -0.4 is 46.6 Å². The fraction of sp³-hybridized carbons (Fsp3) is 0.393. The normalized spacial score (nSPS) is 13.7. The third-order valence-electron chi connectivity index (χ3n) is 6.87. The number of hydrogen-bond acceptors (Lipinski definition) is 13. The van der Waals surface area contributed by atoms with Crippen LogP contribution in [0.2, 0.25) is 0 Å². The molecule has 46 heavy (non-hydrogen) atoms. The van der Waals surface area contributed by atoms with Gasteiger partial charge in [-0.15, -0.1) is 0 Å². The maximum atomic E-state index is 12.4. The van der Waals surface area contributed by atoms with Crippen molar-refractivity contribution in [3.8, 4) is 0 Å². The number of benzene rings is 1. The number of carbonyl (C=O) groups excluding carboxylic acids is 1. The van der Waals surface area contributed by atoms with E-state index in [1.165, 1.54) is 10.9 Å². The van der Waals surface area contributed by atoms with Gasteiger partial charge in [0.25, 0.3) is 5.56 Å². The molecule has 0 bridgehead atoms. The van der Waals surface area contributed by atoms with E-state index in [4.69, 9.17) is 46.8 Å². The Morgan fingerprint density at radius 2 is 1.70 bits per heavy atom. The van der Waals surface area contributed by atoms with E-state index >= 15 is 0 Å². The molecule has 1 atom stereocenters. The molecule has 246 valence electrons. The molecule has 1 aliphatic rings. The van der Waals surface area contributed by atoms with Crippen LogP contribution >= 0.6 is 0 Å². The van der Waals surface area contributed by atoms with Crippen molar-refractivity contribution in [2.75, 3.05) is 38.8 Å². The number of fused-ring (bicyclic) bond motifs is 2. The molecule has 11 N–H and O–H groups in total. The molecule has 1 unspecified atom stereocenters. The zero-order valence-corrected chi connectivity index (χ0v) is 27.2. The first kappa shape index (κ1) is 38.7. The van der Waals surface area contributed by atoms with Crippen LogP contribution in [0, 0.1) is 0 Å². The molecule has 18 heteroatoms. The van der Waals surface area contributed by atoms with E-state index in [2.05, 4.69) is 15.0 Å². The van der Waals surface area contributed by atoms with E-state index in [9.17, 15) is 14.4 Å². The van der Waals surface area contributed by atoms with Crippen LogP contribution in [-0.2, 0) is 22.8 Å². The van der Waals surface area contributed by atoms with Crippen LogP contribution in [0.4, 0.5) is 5.95 Å². The first-order chi connectivity index (χ1) is 21.5. The standard InChI is InChI=1S/C15H13NO3.C9H13N5O4.C4H11NO3.Na.H/c17-14(10-4-2-1-3-5-10)13-7-6-12-11(15(18)19)8-9-16(12)13;10-9-12-7-6(8(17)13-9)11-3-14(7)4-18-5(1-15)2-16;5-4(1-6,2-7)3-8;;/h1-7,11H,8-9H2,(H,18,19);3,5,15-16H,1-2,4H2,(H3,10,12,13,17);6-8H,1-3,5H2;;/q;;;+1;-1. The van der Waals surface area contributed by atoms with Crippen molar-refractivity contribution in [2.45, 2.75) is 37.3 Å². The fourth-order valence-corrected chi connectivity index (χ4v) is 4.19. The molecule has 1 aromatic carbocycles. The third-order valence-corrected chi connectivity index (χ3v) is 6.87. The van der Waals surface area contributed by atoms with Gasteiger partial charge in [0.1, 0.15) is 12.8 Å². The van der Waals surface area contributed by atoms with Gasteiger partial charge < -0.3 is 52.8 Å². The van der Waals surface area contributed by atoms with Crippen LogP contribution in [0.5, 0.6) is 0 Å². The number of ketones is 1. The number of ether oxygens (including phenoxy) is 1. The van der Waals surface area contributed by atoms with Crippen LogP contribution in [0.3, 0.4) is 0 Å². The van der Waals surface area contributed by atoms with E-state index in [1.807, 2.05) is 22.8 Å². The van der Waals surface area contributed by atoms with Gasteiger partial charge in [0, 0.05) is 17.8 Å². The number of imidazole rings is 1. The van der Waals surface area contributed by atoms with Gasteiger partial charge >= 0.3 is 35.5 Å². The number of H-pyrrole nitrogens is 1. The molecule has 1 aliphatic heterocycles. The SMILES string of the molecule is NC(CO)(CO)CO.Nc1nc2c(ncn2COC(CO)CO)c(=O)[nH]1.O=C(c1ccccc1)c1ccc2n1CCC2C(=O)O.[H-].[Na+]. The van der Waals surface area contributed by atoms with Crippen molar-refractivity contribution in [3.05, 3.63) is 76.1 Å². The van der Waals surface area contributed by atoms with Crippen LogP contribution in [0.15, 0.2) is 53.6 Å². The van der Waals surface area contributed by atoms with Crippen molar-refractivity contribution in [1.82, 2.24) is 24.1 Å². The maximum absolute atomic E-state index is 12.4. The van der Waals surface area contributed by atoms with Crippen LogP contribution in [0.25, 0.3) is 11.2 Å². The van der Waals surface area contributed by atoms with E-state index in [0.717, 1.165) is 5.69 Å². The minimum absolute atomic E-state index is 0. The Morgan fingerprint density at radius 3 is 2.24 bits per heavy atom. The summed E-state index contributed by atoms with van der Waals surface area (Å²) in [4.78, 5) is 45.1. The van der Waals surface area contributed by atoms with Crippen molar-refractivity contribution >= 4 is 28.9 Å². The Bertz CT molecular complexity index is 1620. The van der Waals surface area contributed by atoms with Crippen LogP contribution in [0.1, 0.15) is 35.5 Å². The molecule has 3 aromatic heterocycles. The minimum atomic E-state index is -1.21. The monoisotopic (exact) mass is 655 g/mol. The topological polar surface area (TPSA) is 285 Å². The number of aliphatic carboxylic acids is 1. The second kappa shape index (κ2) is 18.0. The Labute approximate surface area is 285 Å². The summed E-state index contributed by atoms with van der Waals surface area (Å²) in [5.41, 5.74) is 11.3. The van der Waals surface area contributed by atoms with Crippen molar-refractivity contribution < 1.29 is 75.9 Å².